The molecular formula is C19H20ClFN6. The molecule has 3 aromatic rings. The highest BCUT2D eigenvalue weighted by Crippen LogP contribution is 2.35. The van der Waals surface area contributed by atoms with Gasteiger partial charge in [0.05, 0.1) is 29.3 Å². The smallest absolute Gasteiger partial charge is 0.129 e. The third kappa shape index (κ3) is 3.04. The van der Waals surface area contributed by atoms with Crippen molar-refractivity contribution < 1.29 is 4.39 Å². The van der Waals surface area contributed by atoms with Gasteiger partial charge in [0.15, 0.2) is 0 Å². The lowest BCUT2D eigenvalue weighted by Gasteiger charge is -2.17. The SMILES string of the molecule is FC1CCN(c2ccc3ncc(Cl)c(-c4cnn(C5CCNC5)c4)c3n2)C1. The Labute approximate surface area is 161 Å². The van der Waals surface area contributed by atoms with Crippen molar-refractivity contribution in [2.45, 2.75) is 25.1 Å². The average molecular weight is 387 g/mol. The Morgan fingerprint density at radius 1 is 1.22 bits per heavy atom. The summed E-state index contributed by atoms with van der Waals surface area (Å²) in [5, 5.41) is 8.44. The zero-order valence-electron chi connectivity index (χ0n) is 14.8. The summed E-state index contributed by atoms with van der Waals surface area (Å²) < 4.78 is 15.6. The quantitative estimate of drug-likeness (QED) is 0.749. The largest absolute Gasteiger partial charge is 0.354 e. The van der Waals surface area contributed by atoms with Crippen LogP contribution in [0.2, 0.25) is 5.02 Å². The van der Waals surface area contributed by atoms with E-state index < -0.39 is 6.17 Å². The topological polar surface area (TPSA) is 58.9 Å². The fraction of sp³-hybridized carbons (Fsp3) is 0.421. The van der Waals surface area contributed by atoms with Crippen LogP contribution in [-0.4, -0.2) is 52.1 Å². The minimum atomic E-state index is -0.794. The average Bonchev–Trinajstić information content (AvgIpc) is 3.42. The third-order valence-corrected chi connectivity index (χ3v) is 5.69. The molecule has 8 heteroatoms. The first-order valence-electron chi connectivity index (χ1n) is 9.28. The van der Waals surface area contributed by atoms with Crippen LogP contribution in [-0.2, 0) is 0 Å². The molecule has 2 atom stereocenters. The van der Waals surface area contributed by atoms with E-state index in [9.17, 15) is 4.39 Å². The summed E-state index contributed by atoms with van der Waals surface area (Å²) in [6, 6.07) is 4.19. The lowest BCUT2D eigenvalue weighted by Crippen LogP contribution is -2.21. The van der Waals surface area contributed by atoms with Crippen LogP contribution in [0.25, 0.3) is 22.2 Å². The number of hydrogen-bond acceptors (Lipinski definition) is 5. The normalized spacial score (nSPS) is 22.8. The Bertz CT molecular complexity index is 983. The van der Waals surface area contributed by atoms with E-state index in [1.165, 1.54) is 0 Å². The number of hydrogen-bond donors (Lipinski definition) is 1. The van der Waals surface area contributed by atoms with Gasteiger partial charge in [-0.1, -0.05) is 11.6 Å². The maximum absolute atomic E-state index is 13.6. The van der Waals surface area contributed by atoms with E-state index in [0.717, 1.165) is 47.5 Å². The van der Waals surface area contributed by atoms with E-state index in [1.54, 1.807) is 6.20 Å². The maximum Gasteiger partial charge on any atom is 0.129 e. The van der Waals surface area contributed by atoms with Crippen LogP contribution in [0.1, 0.15) is 18.9 Å². The maximum atomic E-state index is 13.6. The van der Waals surface area contributed by atoms with Gasteiger partial charge in [-0.25, -0.2) is 9.37 Å². The molecule has 0 aromatic carbocycles. The number of pyridine rings is 2. The number of anilines is 1. The van der Waals surface area contributed by atoms with Crippen molar-refractivity contribution in [1.82, 2.24) is 25.1 Å². The van der Waals surface area contributed by atoms with Crippen LogP contribution in [0.15, 0.2) is 30.7 Å². The van der Waals surface area contributed by atoms with Crippen molar-refractivity contribution in [3.8, 4) is 11.1 Å². The predicted octanol–water partition coefficient (Wildman–Crippen LogP) is 3.23. The molecular weight excluding hydrogens is 367 g/mol. The molecule has 140 valence electrons. The number of fused-ring (bicyclic) bond motifs is 1. The fourth-order valence-electron chi connectivity index (χ4n) is 3.94. The molecule has 1 N–H and O–H groups in total. The Balaban J connectivity index is 1.59. The summed E-state index contributed by atoms with van der Waals surface area (Å²) in [6.45, 7) is 2.99. The zero-order valence-corrected chi connectivity index (χ0v) is 15.5. The lowest BCUT2D eigenvalue weighted by atomic mass is 10.1. The molecule has 2 unspecified atom stereocenters. The molecule has 0 bridgehead atoms. The van der Waals surface area contributed by atoms with Gasteiger partial charge in [-0.15, -0.1) is 0 Å². The second-order valence-electron chi connectivity index (χ2n) is 7.21. The molecule has 0 amide bonds. The number of halogens is 2. The molecule has 2 fully saturated rings. The summed E-state index contributed by atoms with van der Waals surface area (Å²) in [4.78, 5) is 11.2. The second-order valence-corrected chi connectivity index (χ2v) is 7.61. The van der Waals surface area contributed by atoms with Crippen molar-refractivity contribution >= 4 is 28.5 Å². The molecule has 6 nitrogen and oxygen atoms in total. The molecule has 0 aliphatic carbocycles. The number of alkyl halides is 1. The van der Waals surface area contributed by atoms with Crippen LogP contribution in [0.4, 0.5) is 10.2 Å². The van der Waals surface area contributed by atoms with Gasteiger partial charge in [0.25, 0.3) is 0 Å². The first-order valence-corrected chi connectivity index (χ1v) is 9.66. The van der Waals surface area contributed by atoms with Gasteiger partial charge < -0.3 is 10.2 Å². The highest BCUT2D eigenvalue weighted by molar-refractivity contribution is 6.34. The van der Waals surface area contributed by atoms with Crippen LogP contribution in [0, 0.1) is 0 Å². The standard InChI is InChI=1S/C19H20ClFN6/c20-15-9-23-16-1-2-17(26-6-4-13(21)11-26)25-19(16)18(15)12-7-24-27(10-12)14-3-5-22-8-14/h1-2,7,9-10,13-14,22H,3-6,8,11H2. The molecule has 0 saturated carbocycles. The molecule has 0 spiro atoms. The molecule has 5 heterocycles. The Morgan fingerprint density at radius 3 is 2.93 bits per heavy atom. The number of nitrogens with zero attached hydrogens (tertiary/aromatic N) is 5. The summed E-state index contributed by atoms with van der Waals surface area (Å²) >= 11 is 6.52. The van der Waals surface area contributed by atoms with E-state index in [2.05, 4.69) is 15.4 Å². The van der Waals surface area contributed by atoms with Crippen molar-refractivity contribution in [3.05, 3.63) is 35.7 Å². The summed E-state index contributed by atoms with van der Waals surface area (Å²) in [6.07, 6.45) is 6.33. The van der Waals surface area contributed by atoms with Crippen LogP contribution in [0.5, 0.6) is 0 Å². The number of aromatic nitrogens is 4. The van der Waals surface area contributed by atoms with Gasteiger partial charge in [0.2, 0.25) is 0 Å². The van der Waals surface area contributed by atoms with E-state index in [-0.39, 0.29) is 0 Å². The fourth-order valence-corrected chi connectivity index (χ4v) is 4.19. The van der Waals surface area contributed by atoms with Crippen LogP contribution >= 0.6 is 11.6 Å². The van der Waals surface area contributed by atoms with Gasteiger partial charge in [0.1, 0.15) is 17.5 Å². The molecule has 2 saturated heterocycles. The van der Waals surface area contributed by atoms with Crippen molar-refractivity contribution in [1.29, 1.82) is 0 Å². The zero-order chi connectivity index (χ0) is 18.4. The van der Waals surface area contributed by atoms with Crippen molar-refractivity contribution in [2.75, 3.05) is 31.1 Å². The number of rotatable bonds is 3. The van der Waals surface area contributed by atoms with Gasteiger partial charge in [-0.3, -0.25) is 9.67 Å². The minimum absolute atomic E-state index is 0.361. The van der Waals surface area contributed by atoms with E-state index in [1.807, 2.05) is 34.1 Å². The minimum Gasteiger partial charge on any atom is -0.354 e. The van der Waals surface area contributed by atoms with Crippen LogP contribution in [0.3, 0.4) is 0 Å². The van der Waals surface area contributed by atoms with Gasteiger partial charge in [0, 0.05) is 36.6 Å². The van der Waals surface area contributed by atoms with Crippen LogP contribution < -0.4 is 10.2 Å². The van der Waals surface area contributed by atoms with Gasteiger partial charge in [-0.05, 0) is 31.5 Å². The Kier molecular flexibility index (Phi) is 4.21. The van der Waals surface area contributed by atoms with E-state index in [4.69, 9.17) is 16.6 Å². The number of nitrogens with one attached hydrogen (secondary N) is 1. The first kappa shape index (κ1) is 16.9. The Morgan fingerprint density at radius 2 is 2.15 bits per heavy atom. The van der Waals surface area contributed by atoms with Crippen molar-refractivity contribution in [2.24, 2.45) is 0 Å². The highest BCUT2D eigenvalue weighted by atomic mass is 35.5. The lowest BCUT2D eigenvalue weighted by molar-refractivity contribution is 0.364. The van der Waals surface area contributed by atoms with Crippen molar-refractivity contribution in [3.63, 3.8) is 0 Å². The summed E-state index contributed by atoms with van der Waals surface area (Å²) in [7, 11) is 0. The van der Waals surface area contributed by atoms with Gasteiger partial charge in [-0.2, -0.15) is 5.10 Å². The Hall–Kier alpha value is -2.25. The van der Waals surface area contributed by atoms with E-state index >= 15 is 0 Å². The summed E-state index contributed by atoms with van der Waals surface area (Å²) in [5.74, 6) is 0.764. The third-order valence-electron chi connectivity index (χ3n) is 5.41. The van der Waals surface area contributed by atoms with E-state index in [0.29, 0.717) is 30.6 Å². The van der Waals surface area contributed by atoms with Gasteiger partial charge >= 0.3 is 0 Å². The molecule has 2 aliphatic heterocycles. The predicted molar refractivity (Wildman–Crippen MR) is 104 cm³/mol. The monoisotopic (exact) mass is 386 g/mol. The molecule has 2 aliphatic rings. The molecule has 27 heavy (non-hydrogen) atoms. The summed E-state index contributed by atoms with van der Waals surface area (Å²) in [5.41, 5.74) is 3.25. The highest BCUT2D eigenvalue weighted by Gasteiger charge is 2.24. The molecule has 0 radical (unpaired) electrons. The molecule has 5 rings (SSSR count). The molecule has 3 aromatic heterocycles. The first-order chi connectivity index (χ1) is 13.2. The second kappa shape index (κ2) is 6.73.